The molecule has 1 aromatic rings. The lowest BCUT2D eigenvalue weighted by atomic mass is 9.93. The molecule has 1 N–H and O–H groups in total. The van der Waals surface area contributed by atoms with E-state index in [-0.39, 0.29) is 0 Å². The zero-order valence-electron chi connectivity index (χ0n) is 8.97. The molecule has 0 aromatic carbocycles. The molecule has 0 radical (unpaired) electrons. The van der Waals surface area contributed by atoms with E-state index in [0.29, 0.717) is 0 Å². The summed E-state index contributed by atoms with van der Waals surface area (Å²) in [6, 6.07) is 0. The van der Waals surface area contributed by atoms with Crippen molar-refractivity contribution < 1.29 is 0 Å². The van der Waals surface area contributed by atoms with Crippen LogP contribution in [0.2, 0.25) is 0 Å². The minimum Gasteiger partial charge on any atom is -0.311 e. The maximum absolute atomic E-state index is 4.68. The van der Waals surface area contributed by atoms with E-state index in [2.05, 4.69) is 24.1 Å². The summed E-state index contributed by atoms with van der Waals surface area (Å²) in [5.74, 6) is 0.856. The summed E-state index contributed by atoms with van der Waals surface area (Å²) >= 11 is 1.91. The molecule has 0 fully saturated rings. The number of fused-ring (bicyclic) bond motifs is 1. The zero-order valence-corrected chi connectivity index (χ0v) is 9.78. The zero-order chi connectivity index (χ0) is 9.97. The molecule has 1 atom stereocenters. The Morgan fingerprint density at radius 2 is 2.43 bits per heavy atom. The Balaban J connectivity index is 2.07. The summed E-state index contributed by atoms with van der Waals surface area (Å²) in [6.07, 6.45) is 3.76. The maximum atomic E-state index is 4.68. The summed E-state index contributed by atoms with van der Waals surface area (Å²) in [4.78, 5) is 6.22. The molecule has 78 valence electrons. The summed E-state index contributed by atoms with van der Waals surface area (Å²) < 4.78 is 0. The van der Waals surface area contributed by atoms with E-state index in [1.807, 2.05) is 11.3 Å². The van der Waals surface area contributed by atoms with Crippen molar-refractivity contribution in [3.8, 4) is 0 Å². The van der Waals surface area contributed by atoms with Crippen molar-refractivity contribution in [3.63, 3.8) is 0 Å². The van der Waals surface area contributed by atoms with Crippen LogP contribution in [-0.4, -0.2) is 11.5 Å². The van der Waals surface area contributed by atoms with Crippen molar-refractivity contribution in [3.05, 3.63) is 15.6 Å². The van der Waals surface area contributed by atoms with Gasteiger partial charge in [0.15, 0.2) is 0 Å². The van der Waals surface area contributed by atoms with Crippen LogP contribution < -0.4 is 5.32 Å². The van der Waals surface area contributed by atoms with Gasteiger partial charge in [-0.25, -0.2) is 4.98 Å². The van der Waals surface area contributed by atoms with E-state index in [1.165, 1.54) is 34.8 Å². The SMILES string of the molecule is CCNCc1nc2c(s1)CC(C)CC2. The average Bonchev–Trinajstić information content (AvgIpc) is 2.56. The van der Waals surface area contributed by atoms with E-state index < -0.39 is 0 Å². The first-order valence-corrected chi connectivity index (χ1v) is 6.29. The van der Waals surface area contributed by atoms with Gasteiger partial charge in [0.05, 0.1) is 5.69 Å². The van der Waals surface area contributed by atoms with Crippen LogP contribution in [0.25, 0.3) is 0 Å². The van der Waals surface area contributed by atoms with Crippen LogP contribution in [0, 0.1) is 5.92 Å². The van der Waals surface area contributed by atoms with Crippen molar-refractivity contribution >= 4 is 11.3 Å². The highest BCUT2D eigenvalue weighted by molar-refractivity contribution is 7.11. The molecule has 0 aliphatic heterocycles. The highest BCUT2D eigenvalue weighted by Crippen LogP contribution is 2.29. The second kappa shape index (κ2) is 4.41. The fraction of sp³-hybridized carbons (Fsp3) is 0.727. The van der Waals surface area contributed by atoms with Crippen LogP contribution in [0.5, 0.6) is 0 Å². The molecule has 2 nitrogen and oxygen atoms in total. The molecule has 1 heterocycles. The van der Waals surface area contributed by atoms with Gasteiger partial charge in [0.1, 0.15) is 5.01 Å². The Labute approximate surface area is 89.8 Å². The van der Waals surface area contributed by atoms with Crippen LogP contribution in [0.4, 0.5) is 0 Å². The van der Waals surface area contributed by atoms with E-state index in [1.54, 1.807) is 0 Å². The molecule has 0 spiro atoms. The molecule has 0 amide bonds. The first-order chi connectivity index (χ1) is 6.79. The van der Waals surface area contributed by atoms with E-state index in [0.717, 1.165) is 19.0 Å². The fourth-order valence-electron chi connectivity index (χ4n) is 1.90. The van der Waals surface area contributed by atoms with E-state index in [9.17, 15) is 0 Å². The lowest BCUT2D eigenvalue weighted by Gasteiger charge is -2.15. The normalized spacial score (nSPS) is 20.9. The molecule has 3 heteroatoms. The molecule has 0 bridgehead atoms. The van der Waals surface area contributed by atoms with Crippen LogP contribution in [-0.2, 0) is 19.4 Å². The van der Waals surface area contributed by atoms with Gasteiger partial charge in [0.2, 0.25) is 0 Å². The third-order valence-corrected chi connectivity index (χ3v) is 3.88. The minimum absolute atomic E-state index is 0.856. The topological polar surface area (TPSA) is 24.9 Å². The van der Waals surface area contributed by atoms with Gasteiger partial charge in [-0.15, -0.1) is 11.3 Å². The number of hydrogen-bond acceptors (Lipinski definition) is 3. The number of hydrogen-bond donors (Lipinski definition) is 1. The largest absolute Gasteiger partial charge is 0.311 e. The summed E-state index contributed by atoms with van der Waals surface area (Å²) in [5, 5.41) is 4.60. The number of aryl methyl sites for hydroxylation is 1. The van der Waals surface area contributed by atoms with Crippen LogP contribution in [0.1, 0.15) is 35.8 Å². The van der Waals surface area contributed by atoms with Gasteiger partial charge in [-0.2, -0.15) is 0 Å². The van der Waals surface area contributed by atoms with Crippen molar-refractivity contribution in [1.82, 2.24) is 10.3 Å². The summed E-state index contributed by atoms with van der Waals surface area (Å²) in [5.41, 5.74) is 1.38. The van der Waals surface area contributed by atoms with Gasteiger partial charge >= 0.3 is 0 Å². The molecule has 2 rings (SSSR count). The van der Waals surface area contributed by atoms with Gasteiger partial charge in [0, 0.05) is 11.4 Å². The molecule has 1 aliphatic rings. The van der Waals surface area contributed by atoms with Gasteiger partial charge in [0.25, 0.3) is 0 Å². The van der Waals surface area contributed by atoms with Gasteiger partial charge in [-0.3, -0.25) is 0 Å². The molecular weight excluding hydrogens is 192 g/mol. The average molecular weight is 210 g/mol. The highest BCUT2D eigenvalue weighted by atomic mass is 32.1. The Bertz CT molecular complexity index is 306. The Morgan fingerprint density at radius 1 is 1.57 bits per heavy atom. The number of aromatic nitrogens is 1. The predicted octanol–water partition coefficient (Wildman–Crippen LogP) is 2.38. The standard InChI is InChI=1S/C11H18N2S/c1-3-12-7-11-13-9-5-4-8(2)6-10(9)14-11/h8,12H,3-7H2,1-2H3. The number of nitrogens with zero attached hydrogens (tertiary/aromatic N) is 1. The van der Waals surface area contributed by atoms with Crippen molar-refractivity contribution in [2.24, 2.45) is 5.92 Å². The third kappa shape index (κ3) is 2.15. The first kappa shape index (κ1) is 10.1. The molecule has 0 saturated carbocycles. The Hall–Kier alpha value is -0.410. The number of rotatable bonds is 3. The second-order valence-electron chi connectivity index (χ2n) is 4.11. The smallest absolute Gasteiger partial charge is 0.107 e. The first-order valence-electron chi connectivity index (χ1n) is 5.47. The number of nitrogens with one attached hydrogen (secondary N) is 1. The van der Waals surface area contributed by atoms with Crippen molar-refractivity contribution in [1.29, 1.82) is 0 Å². The lowest BCUT2D eigenvalue weighted by molar-refractivity contribution is 0.501. The summed E-state index contributed by atoms with van der Waals surface area (Å²) in [7, 11) is 0. The molecule has 0 saturated heterocycles. The molecular formula is C11H18N2S. The minimum atomic E-state index is 0.856. The Morgan fingerprint density at radius 3 is 3.21 bits per heavy atom. The fourth-order valence-corrected chi connectivity index (χ4v) is 3.15. The van der Waals surface area contributed by atoms with Gasteiger partial charge in [-0.1, -0.05) is 13.8 Å². The molecule has 1 aliphatic carbocycles. The second-order valence-corrected chi connectivity index (χ2v) is 5.27. The van der Waals surface area contributed by atoms with Crippen LogP contribution >= 0.6 is 11.3 Å². The van der Waals surface area contributed by atoms with Crippen molar-refractivity contribution in [2.45, 2.75) is 39.7 Å². The molecule has 14 heavy (non-hydrogen) atoms. The molecule has 1 aromatic heterocycles. The third-order valence-electron chi connectivity index (χ3n) is 2.76. The van der Waals surface area contributed by atoms with Gasteiger partial charge in [-0.05, 0) is 31.7 Å². The molecule has 1 unspecified atom stereocenters. The highest BCUT2D eigenvalue weighted by Gasteiger charge is 2.19. The number of thiazole rings is 1. The summed E-state index contributed by atoms with van der Waals surface area (Å²) in [6.45, 7) is 6.45. The van der Waals surface area contributed by atoms with Crippen LogP contribution in [0.3, 0.4) is 0 Å². The van der Waals surface area contributed by atoms with E-state index >= 15 is 0 Å². The predicted molar refractivity (Wildman–Crippen MR) is 60.7 cm³/mol. The maximum Gasteiger partial charge on any atom is 0.107 e. The quantitative estimate of drug-likeness (QED) is 0.828. The monoisotopic (exact) mass is 210 g/mol. The van der Waals surface area contributed by atoms with Gasteiger partial charge < -0.3 is 5.32 Å². The van der Waals surface area contributed by atoms with Crippen molar-refractivity contribution in [2.75, 3.05) is 6.54 Å². The van der Waals surface area contributed by atoms with E-state index in [4.69, 9.17) is 0 Å². The Kier molecular flexibility index (Phi) is 3.19. The van der Waals surface area contributed by atoms with Crippen LogP contribution in [0.15, 0.2) is 0 Å². The lowest BCUT2D eigenvalue weighted by Crippen LogP contribution is -2.11.